The largest absolute Gasteiger partial charge is 0.490 e. The molecular formula is C18H28BrNO. The molecule has 118 valence electrons. The third-order valence-electron chi connectivity index (χ3n) is 4.33. The first kappa shape index (κ1) is 16.8. The number of rotatable bonds is 6. The Hall–Kier alpha value is -0.540. The van der Waals surface area contributed by atoms with Gasteiger partial charge in [0.15, 0.2) is 0 Å². The quantitative estimate of drug-likeness (QED) is 0.749. The van der Waals surface area contributed by atoms with Gasteiger partial charge in [0.2, 0.25) is 0 Å². The molecule has 21 heavy (non-hydrogen) atoms. The Morgan fingerprint density at radius 3 is 2.86 bits per heavy atom. The molecule has 0 radical (unpaired) electrons. The van der Waals surface area contributed by atoms with Crippen molar-refractivity contribution in [3.63, 3.8) is 0 Å². The molecule has 1 aromatic rings. The highest BCUT2D eigenvalue weighted by Crippen LogP contribution is 2.31. The van der Waals surface area contributed by atoms with Crippen LogP contribution in [0, 0.1) is 5.92 Å². The molecule has 0 aromatic heterocycles. The summed E-state index contributed by atoms with van der Waals surface area (Å²) >= 11 is 3.57. The maximum absolute atomic E-state index is 6.34. The minimum Gasteiger partial charge on any atom is -0.490 e. The maximum Gasteiger partial charge on any atom is 0.124 e. The van der Waals surface area contributed by atoms with Gasteiger partial charge < -0.3 is 10.1 Å². The van der Waals surface area contributed by atoms with Crippen LogP contribution >= 0.6 is 15.9 Å². The zero-order chi connectivity index (χ0) is 15.2. The molecule has 1 aliphatic carbocycles. The average molecular weight is 354 g/mol. The highest BCUT2D eigenvalue weighted by atomic mass is 79.9. The standard InChI is InChI=1S/C18H28BrNO/c1-4-14-6-5-7-17(10-14)21-18-9-8-16(19)11-15(18)12-20-13(2)3/h8-9,11,13-14,17,20H,4-7,10,12H2,1-3H3. The minimum atomic E-state index is 0.391. The van der Waals surface area contributed by atoms with E-state index >= 15 is 0 Å². The van der Waals surface area contributed by atoms with Crippen molar-refractivity contribution in [3.8, 4) is 5.75 Å². The van der Waals surface area contributed by atoms with Crippen LogP contribution in [0.1, 0.15) is 58.4 Å². The molecule has 1 aromatic carbocycles. The van der Waals surface area contributed by atoms with Crippen LogP contribution in [0.15, 0.2) is 22.7 Å². The smallest absolute Gasteiger partial charge is 0.124 e. The van der Waals surface area contributed by atoms with E-state index < -0.39 is 0 Å². The topological polar surface area (TPSA) is 21.3 Å². The van der Waals surface area contributed by atoms with Crippen molar-refractivity contribution in [3.05, 3.63) is 28.2 Å². The van der Waals surface area contributed by atoms with Crippen LogP contribution in [0.5, 0.6) is 5.75 Å². The van der Waals surface area contributed by atoms with Gasteiger partial charge in [-0.25, -0.2) is 0 Å². The van der Waals surface area contributed by atoms with Crippen LogP contribution in [0.2, 0.25) is 0 Å². The van der Waals surface area contributed by atoms with Crippen molar-refractivity contribution >= 4 is 15.9 Å². The summed E-state index contributed by atoms with van der Waals surface area (Å²) in [5.74, 6) is 1.89. The van der Waals surface area contributed by atoms with Gasteiger partial charge >= 0.3 is 0 Å². The van der Waals surface area contributed by atoms with Gasteiger partial charge in [-0.15, -0.1) is 0 Å². The van der Waals surface area contributed by atoms with E-state index in [0.29, 0.717) is 12.1 Å². The van der Waals surface area contributed by atoms with E-state index in [-0.39, 0.29) is 0 Å². The van der Waals surface area contributed by atoms with Crippen molar-refractivity contribution in [1.29, 1.82) is 0 Å². The molecule has 2 nitrogen and oxygen atoms in total. The number of halogens is 1. The van der Waals surface area contributed by atoms with E-state index in [1.54, 1.807) is 0 Å². The molecule has 2 atom stereocenters. The maximum atomic E-state index is 6.34. The summed E-state index contributed by atoms with van der Waals surface area (Å²) in [6.07, 6.45) is 6.76. The first-order chi connectivity index (χ1) is 10.1. The summed E-state index contributed by atoms with van der Waals surface area (Å²) in [4.78, 5) is 0. The molecule has 2 rings (SSSR count). The highest BCUT2D eigenvalue weighted by Gasteiger charge is 2.22. The molecule has 1 N–H and O–H groups in total. The van der Waals surface area contributed by atoms with Gasteiger partial charge in [-0.3, -0.25) is 0 Å². The third kappa shape index (κ3) is 5.30. The fourth-order valence-corrected chi connectivity index (χ4v) is 3.42. The highest BCUT2D eigenvalue weighted by molar-refractivity contribution is 9.10. The molecule has 3 heteroatoms. The van der Waals surface area contributed by atoms with Crippen LogP contribution in [0.25, 0.3) is 0 Å². The monoisotopic (exact) mass is 353 g/mol. The van der Waals surface area contributed by atoms with Gasteiger partial charge in [-0.2, -0.15) is 0 Å². The summed E-state index contributed by atoms with van der Waals surface area (Å²) < 4.78 is 7.46. The van der Waals surface area contributed by atoms with E-state index in [9.17, 15) is 0 Å². The SMILES string of the molecule is CCC1CCCC(Oc2ccc(Br)cc2CNC(C)C)C1. The van der Waals surface area contributed by atoms with Gasteiger partial charge in [0.1, 0.15) is 5.75 Å². The van der Waals surface area contributed by atoms with Gasteiger partial charge in [-0.1, -0.05) is 49.5 Å². The fourth-order valence-electron chi connectivity index (χ4n) is 3.01. The molecule has 0 aliphatic heterocycles. The van der Waals surface area contributed by atoms with Crippen molar-refractivity contribution in [2.45, 2.75) is 71.6 Å². The number of hydrogen-bond acceptors (Lipinski definition) is 2. The Labute approximate surface area is 137 Å². The second-order valence-corrected chi connectivity index (χ2v) is 7.38. The van der Waals surface area contributed by atoms with Crippen LogP contribution in [-0.4, -0.2) is 12.1 Å². The number of hydrogen-bond donors (Lipinski definition) is 1. The van der Waals surface area contributed by atoms with E-state index in [1.807, 2.05) is 0 Å². The van der Waals surface area contributed by atoms with Gasteiger partial charge in [0, 0.05) is 22.6 Å². The number of benzene rings is 1. The summed E-state index contributed by atoms with van der Waals surface area (Å²) in [7, 11) is 0. The molecule has 1 saturated carbocycles. The van der Waals surface area contributed by atoms with Gasteiger partial charge in [-0.05, 0) is 43.4 Å². The third-order valence-corrected chi connectivity index (χ3v) is 4.82. The summed E-state index contributed by atoms with van der Waals surface area (Å²) in [6, 6.07) is 6.84. The molecule has 0 spiro atoms. The summed E-state index contributed by atoms with van der Waals surface area (Å²) in [6.45, 7) is 7.50. The second kappa shape index (κ2) is 8.19. The van der Waals surface area contributed by atoms with E-state index in [4.69, 9.17) is 4.74 Å². The molecule has 0 saturated heterocycles. The van der Waals surface area contributed by atoms with Crippen molar-refractivity contribution < 1.29 is 4.74 Å². The molecular weight excluding hydrogens is 326 g/mol. The lowest BCUT2D eigenvalue weighted by atomic mass is 9.85. The second-order valence-electron chi connectivity index (χ2n) is 6.47. The first-order valence-electron chi connectivity index (χ1n) is 8.27. The normalized spacial score (nSPS) is 22.5. The summed E-state index contributed by atoms with van der Waals surface area (Å²) in [5, 5.41) is 3.49. The van der Waals surface area contributed by atoms with E-state index in [2.05, 4.69) is 60.2 Å². The fraction of sp³-hybridized carbons (Fsp3) is 0.667. The lowest BCUT2D eigenvalue weighted by Crippen LogP contribution is -2.26. The zero-order valence-corrected chi connectivity index (χ0v) is 15.1. The lowest BCUT2D eigenvalue weighted by molar-refractivity contribution is 0.121. The predicted octanol–water partition coefficient (Wildman–Crippen LogP) is 5.29. The zero-order valence-electron chi connectivity index (χ0n) is 13.5. The Morgan fingerprint density at radius 1 is 1.33 bits per heavy atom. The van der Waals surface area contributed by atoms with Crippen LogP contribution < -0.4 is 10.1 Å². The Kier molecular flexibility index (Phi) is 6.56. The molecule has 0 bridgehead atoms. The van der Waals surface area contributed by atoms with E-state index in [1.165, 1.54) is 37.7 Å². The Bertz CT molecular complexity index is 447. The van der Waals surface area contributed by atoms with Gasteiger partial charge in [0.25, 0.3) is 0 Å². The van der Waals surface area contributed by atoms with Crippen molar-refractivity contribution in [2.75, 3.05) is 0 Å². The number of nitrogens with one attached hydrogen (secondary N) is 1. The van der Waals surface area contributed by atoms with Gasteiger partial charge in [0.05, 0.1) is 6.10 Å². The average Bonchev–Trinajstić information content (AvgIpc) is 2.47. The first-order valence-corrected chi connectivity index (χ1v) is 9.06. The minimum absolute atomic E-state index is 0.391. The van der Waals surface area contributed by atoms with Crippen LogP contribution in [-0.2, 0) is 6.54 Å². The molecule has 0 heterocycles. The Balaban J connectivity index is 2.04. The molecule has 0 amide bonds. The lowest BCUT2D eigenvalue weighted by Gasteiger charge is -2.29. The predicted molar refractivity (Wildman–Crippen MR) is 92.8 cm³/mol. The van der Waals surface area contributed by atoms with Crippen molar-refractivity contribution in [1.82, 2.24) is 5.32 Å². The van der Waals surface area contributed by atoms with Crippen molar-refractivity contribution in [2.24, 2.45) is 5.92 Å². The molecule has 2 unspecified atom stereocenters. The van der Waals surface area contributed by atoms with E-state index in [0.717, 1.165) is 22.7 Å². The summed E-state index contributed by atoms with van der Waals surface area (Å²) in [5.41, 5.74) is 1.25. The van der Waals surface area contributed by atoms with Crippen LogP contribution in [0.4, 0.5) is 0 Å². The Morgan fingerprint density at radius 2 is 2.14 bits per heavy atom. The number of ether oxygens (including phenoxy) is 1. The van der Waals surface area contributed by atoms with Crippen LogP contribution in [0.3, 0.4) is 0 Å². The molecule has 1 aliphatic rings. The molecule has 1 fully saturated rings.